The first-order valence-electron chi connectivity index (χ1n) is 5.77. The van der Waals surface area contributed by atoms with Crippen molar-refractivity contribution in [3.63, 3.8) is 0 Å². The number of nitrogens with zero attached hydrogens (tertiary/aromatic N) is 1. The summed E-state index contributed by atoms with van der Waals surface area (Å²) in [7, 11) is 0. The molecule has 1 saturated carbocycles. The Morgan fingerprint density at radius 1 is 1.41 bits per heavy atom. The summed E-state index contributed by atoms with van der Waals surface area (Å²) >= 11 is 0. The van der Waals surface area contributed by atoms with Gasteiger partial charge in [0.15, 0.2) is 0 Å². The zero-order valence-corrected chi connectivity index (χ0v) is 10.3. The second-order valence-electron chi connectivity index (χ2n) is 5.03. The summed E-state index contributed by atoms with van der Waals surface area (Å²) in [6.07, 6.45) is 1.77. The number of amides is 2. The van der Waals surface area contributed by atoms with Crippen LogP contribution in [-0.2, 0) is 4.79 Å². The summed E-state index contributed by atoms with van der Waals surface area (Å²) in [5.41, 5.74) is -0.786. The number of nitrogens with one attached hydrogen (secondary N) is 1. The number of hydrogen-bond donors (Lipinski definition) is 3. The minimum absolute atomic E-state index is 0.0801. The quantitative estimate of drug-likeness (QED) is 0.631. The van der Waals surface area contributed by atoms with E-state index in [1.54, 1.807) is 18.7 Å². The Hall–Kier alpha value is -1.30. The van der Waals surface area contributed by atoms with Crippen LogP contribution in [0.4, 0.5) is 4.79 Å². The fourth-order valence-electron chi connectivity index (χ4n) is 1.73. The van der Waals surface area contributed by atoms with Gasteiger partial charge >= 0.3 is 12.0 Å². The highest BCUT2D eigenvalue weighted by atomic mass is 16.4. The molecule has 0 spiro atoms. The monoisotopic (exact) mass is 244 g/mol. The van der Waals surface area contributed by atoms with Gasteiger partial charge in [-0.15, -0.1) is 0 Å². The summed E-state index contributed by atoms with van der Waals surface area (Å²) in [6.45, 7) is 3.55. The molecule has 0 aromatic heterocycles. The smallest absolute Gasteiger partial charge is 0.318 e. The van der Waals surface area contributed by atoms with Crippen LogP contribution in [0.5, 0.6) is 0 Å². The van der Waals surface area contributed by atoms with Crippen LogP contribution >= 0.6 is 0 Å². The summed E-state index contributed by atoms with van der Waals surface area (Å²) in [5, 5.41) is 20.3. The third-order valence-corrected chi connectivity index (χ3v) is 2.63. The Morgan fingerprint density at radius 3 is 2.41 bits per heavy atom. The van der Waals surface area contributed by atoms with Crippen LogP contribution in [0.1, 0.15) is 33.1 Å². The molecule has 0 bridgehead atoms. The van der Waals surface area contributed by atoms with E-state index in [0.29, 0.717) is 6.54 Å². The lowest BCUT2D eigenvalue weighted by atomic mass is 10.0. The van der Waals surface area contributed by atoms with E-state index in [4.69, 9.17) is 10.2 Å². The Kier molecular flexibility index (Phi) is 4.34. The van der Waals surface area contributed by atoms with E-state index in [1.807, 2.05) is 0 Å². The van der Waals surface area contributed by atoms with Crippen molar-refractivity contribution in [2.75, 3.05) is 13.2 Å². The average Bonchev–Trinajstić information content (AvgIpc) is 2.93. The number of carbonyl (C=O) groups is 2. The summed E-state index contributed by atoms with van der Waals surface area (Å²) < 4.78 is 0. The lowest BCUT2D eigenvalue weighted by Gasteiger charge is -2.29. The molecule has 1 aliphatic rings. The van der Waals surface area contributed by atoms with E-state index in [-0.39, 0.29) is 25.1 Å². The largest absolute Gasteiger partial charge is 0.481 e. The van der Waals surface area contributed by atoms with Gasteiger partial charge in [-0.3, -0.25) is 4.79 Å². The molecule has 0 aromatic carbocycles. The van der Waals surface area contributed by atoms with Crippen molar-refractivity contribution in [1.29, 1.82) is 0 Å². The second-order valence-corrected chi connectivity index (χ2v) is 5.03. The Bertz CT molecular complexity index is 300. The maximum absolute atomic E-state index is 11.9. The Balaban J connectivity index is 2.53. The van der Waals surface area contributed by atoms with Crippen LogP contribution in [0.25, 0.3) is 0 Å². The number of rotatable bonds is 6. The third-order valence-electron chi connectivity index (χ3n) is 2.63. The number of carboxylic acids is 1. The number of aliphatic carboxylic acids is 1. The van der Waals surface area contributed by atoms with Gasteiger partial charge < -0.3 is 20.4 Å². The number of urea groups is 1. The summed E-state index contributed by atoms with van der Waals surface area (Å²) in [4.78, 5) is 24.1. The molecule has 2 amide bonds. The summed E-state index contributed by atoms with van der Waals surface area (Å²) in [5.74, 6) is -0.949. The van der Waals surface area contributed by atoms with Crippen LogP contribution in [0.2, 0.25) is 0 Å². The van der Waals surface area contributed by atoms with Crippen molar-refractivity contribution in [3.05, 3.63) is 0 Å². The van der Waals surface area contributed by atoms with Gasteiger partial charge in [-0.05, 0) is 26.7 Å². The van der Waals surface area contributed by atoms with Crippen molar-refractivity contribution >= 4 is 12.0 Å². The van der Waals surface area contributed by atoms with Crippen LogP contribution in [-0.4, -0.2) is 51.8 Å². The van der Waals surface area contributed by atoms with E-state index >= 15 is 0 Å². The van der Waals surface area contributed by atoms with Crippen LogP contribution < -0.4 is 5.32 Å². The van der Waals surface area contributed by atoms with Crippen molar-refractivity contribution in [3.8, 4) is 0 Å². The molecule has 0 heterocycles. The fraction of sp³-hybridized carbons (Fsp3) is 0.818. The van der Waals surface area contributed by atoms with Gasteiger partial charge in [0.25, 0.3) is 0 Å². The minimum Gasteiger partial charge on any atom is -0.481 e. The molecule has 3 N–H and O–H groups in total. The van der Waals surface area contributed by atoms with Crippen LogP contribution in [0.3, 0.4) is 0 Å². The van der Waals surface area contributed by atoms with Crippen molar-refractivity contribution in [1.82, 2.24) is 10.2 Å². The SMILES string of the molecule is CC(C)(CC(=O)O)NC(=O)N(CCO)C1CC1. The molecule has 1 aliphatic carbocycles. The number of carboxylic acid groups (broad SMARTS) is 1. The number of aliphatic hydroxyl groups is 1. The highest BCUT2D eigenvalue weighted by molar-refractivity contribution is 5.77. The molecule has 0 saturated heterocycles. The van der Waals surface area contributed by atoms with E-state index in [9.17, 15) is 9.59 Å². The zero-order valence-electron chi connectivity index (χ0n) is 10.3. The molecule has 6 nitrogen and oxygen atoms in total. The molecule has 1 fully saturated rings. The van der Waals surface area contributed by atoms with Gasteiger partial charge in [0.1, 0.15) is 0 Å². The first kappa shape index (κ1) is 13.8. The highest BCUT2D eigenvalue weighted by Crippen LogP contribution is 2.26. The lowest BCUT2D eigenvalue weighted by Crippen LogP contribution is -2.52. The molecule has 0 aliphatic heterocycles. The Labute approximate surface area is 101 Å². The van der Waals surface area contributed by atoms with Crippen molar-refractivity contribution in [2.45, 2.75) is 44.7 Å². The van der Waals surface area contributed by atoms with Crippen LogP contribution in [0, 0.1) is 0 Å². The molecule has 0 radical (unpaired) electrons. The normalized spacial score (nSPS) is 15.5. The van der Waals surface area contributed by atoms with E-state index < -0.39 is 11.5 Å². The molecule has 0 aromatic rings. The molecular formula is C11H20N2O4. The Morgan fingerprint density at radius 2 is 2.00 bits per heavy atom. The predicted molar refractivity (Wildman–Crippen MR) is 61.7 cm³/mol. The molecule has 6 heteroatoms. The standard InChI is InChI=1S/C11H20N2O4/c1-11(2,7-9(15)16)12-10(17)13(5-6-14)8-3-4-8/h8,14H,3-7H2,1-2H3,(H,12,17)(H,15,16). The lowest BCUT2D eigenvalue weighted by molar-refractivity contribution is -0.138. The first-order chi connectivity index (χ1) is 7.85. The average molecular weight is 244 g/mol. The molecular weight excluding hydrogens is 224 g/mol. The maximum Gasteiger partial charge on any atom is 0.318 e. The van der Waals surface area contributed by atoms with E-state index in [2.05, 4.69) is 5.32 Å². The van der Waals surface area contributed by atoms with E-state index in [1.165, 1.54) is 0 Å². The van der Waals surface area contributed by atoms with Gasteiger partial charge in [-0.2, -0.15) is 0 Å². The number of aliphatic hydroxyl groups excluding tert-OH is 1. The topological polar surface area (TPSA) is 89.9 Å². The van der Waals surface area contributed by atoms with Gasteiger partial charge in [-0.1, -0.05) is 0 Å². The van der Waals surface area contributed by atoms with Crippen molar-refractivity contribution < 1.29 is 19.8 Å². The molecule has 0 atom stereocenters. The van der Waals surface area contributed by atoms with Gasteiger partial charge in [0, 0.05) is 18.1 Å². The highest BCUT2D eigenvalue weighted by Gasteiger charge is 2.34. The minimum atomic E-state index is -0.949. The molecule has 1 rings (SSSR count). The predicted octanol–water partition coefficient (Wildman–Crippen LogP) is 0.406. The number of hydrogen-bond acceptors (Lipinski definition) is 3. The number of carbonyl (C=O) groups excluding carboxylic acids is 1. The van der Waals surface area contributed by atoms with Crippen LogP contribution in [0.15, 0.2) is 0 Å². The fourth-order valence-corrected chi connectivity index (χ4v) is 1.73. The van der Waals surface area contributed by atoms with Gasteiger partial charge in [0.2, 0.25) is 0 Å². The van der Waals surface area contributed by atoms with E-state index in [0.717, 1.165) is 12.8 Å². The maximum atomic E-state index is 11.9. The van der Waals surface area contributed by atoms with Crippen molar-refractivity contribution in [2.24, 2.45) is 0 Å². The third kappa shape index (κ3) is 4.60. The first-order valence-corrected chi connectivity index (χ1v) is 5.77. The molecule has 98 valence electrons. The second kappa shape index (κ2) is 5.35. The summed E-state index contributed by atoms with van der Waals surface area (Å²) in [6, 6.07) is -0.101. The van der Waals surface area contributed by atoms with Gasteiger partial charge in [-0.25, -0.2) is 4.79 Å². The molecule has 0 unspecified atom stereocenters. The van der Waals surface area contributed by atoms with Gasteiger partial charge in [0.05, 0.1) is 13.0 Å². The molecule has 17 heavy (non-hydrogen) atoms. The zero-order chi connectivity index (χ0) is 13.1.